The first-order valence-electron chi connectivity index (χ1n) is 8.48. The van der Waals surface area contributed by atoms with Crippen LogP contribution in [-0.2, 0) is 15.3 Å². The van der Waals surface area contributed by atoms with E-state index in [1.54, 1.807) is 64.8 Å². The summed E-state index contributed by atoms with van der Waals surface area (Å²) in [5.74, 6) is 0.843. The summed E-state index contributed by atoms with van der Waals surface area (Å²) in [5.41, 5.74) is 1.13. The second-order valence-corrected chi connectivity index (χ2v) is 6.01. The van der Waals surface area contributed by atoms with E-state index >= 15 is 0 Å². The molecule has 0 amide bonds. The lowest BCUT2D eigenvalue weighted by Crippen LogP contribution is -2.35. The Bertz CT molecular complexity index is 739. The highest BCUT2D eigenvalue weighted by Gasteiger charge is 2.47. The molecule has 7 nitrogen and oxygen atoms in total. The summed E-state index contributed by atoms with van der Waals surface area (Å²) in [6, 6.07) is 10.4. The molecule has 1 aliphatic rings. The minimum atomic E-state index is -1.40. The first kappa shape index (κ1) is 19.3. The highest BCUT2D eigenvalue weighted by Crippen LogP contribution is 2.45. The summed E-state index contributed by atoms with van der Waals surface area (Å²) in [4.78, 5) is 0. The number of benzene rings is 2. The van der Waals surface area contributed by atoms with Crippen LogP contribution in [0.2, 0.25) is 0 Å². The fourth-order valence-electron chi connectivity index (χ4n) is 3.13. The molecule has 3 rings (SSSR count). The molecule has 1 fully saturated rings. The van der Waals surface area contributed by atoms with E-state index in [1.807, 2.05) is 0 Å². The van der Waals surface area contributed by atoms with Gasteiger partial charge in [0.2, 0.25) is 5.79 Å². The van der Waals surface area contributed by atoms with Gasteiger partial charge in [0.05, 0.1) is 41.7 Å². The van der Waals surface area contributed by atoms with Gasteiger partial charge in [0.25, 0.3) is 0 Å². The van der Waals surface area contributed by atoms with Crippen molar-refractivity contribution in [2.24, 2.45) is 0 Å². The minimum Gasteiger partial charge on any atom is -0.497 e. The Labute approximate surface area is 158 Å². The number of ether oxygens (including phenoxy) is 6. The summed E-state index contributed by atoms with van der Waals surface area (Å²) < 4.78 is 33.2. The standard InChI is InChI=1S/C20H24O7/c1-22-15-7-13(8-16(11-15)23-2)19(21)20(26-5-6-27-20)14-9-17(24-3)12-18(10-14)25-4/h7-12,19,21H,5-6H2,1-4H3. The quantitative estimate of drug-likeness (QED) is 0.796. The fraction of sp³-hybridized carbons (Fsp3) is 0.400. The van der Waals surface area contributed by atoms with Crippen LogP contribution in [0.5, 0.6) is 23.0 Å². The Morgan fingerprint density at radius 1 is 0.741 bits per heavy atom. The van der Waals surface area contributed by atoms with E-state index < -0.39 is 11.9 Å². The molecule has 27 heavy (non-hydrogen) atoms. The summed E-state index contributed by atoms with van der Waals surface area (Å²) in [6.07, 6.45) is -1.14. The van der Waals surface area contributed by atoms with Crippen LogP contribution in [0.4, 0.5) is 0 Å². The normalized spacial score (nSPS) is 16.6. The first-order valence-corrected chi connectivity index (χ1v) is 8.48. The molecular weight excluding hydrogens is 352 g/mol. The summed E-state index contributed by atoms with van der Waals surface area (Å²) in [6.45, 7) is 0.690. The monoisotopic (exact) mass is 376 g/mol. The lowest BCUT2D eigenvalue weighted by atomic mass is 9.93. The van der Waals surface area contributed by atoms with E-state index in [0.29, 0.717) is 47.3 Å². The third-order valence-electron chi connectivity index (χ3n) is 4.52. The van der Waals surface area contributed by atoms with Gasteiger partial charge in [0.15, 0.2) is 0 Å². The number of methoxy groups -OCH3 is 4. The molecule has 1 N–H and O–H groups in total. The second kappa shape index (κ2) is 8.04. The zero-order chi connectivity index (χ0) is 19.4. The summed E-state index contributed by atoms with van der Waals surface area (Å²) >= 11 is 0. The van der Waals surface area contributed by atoms with E-state index in [1.165, 1.54) is 0 Å². The smallest absolute Gasteiger partial charge is 0.226 e. The maximum Gasteiger partial charge on any atom is 0.226 e. The molecule has 1 aliphatic heterocycles. The highest BCUT2D eigenvalue weighted by molar-refractivity contribution is 5.44. The number of hydrogen-bond donors (Lipinski definition) is 1. The Hall–Kier alpha value is -2.48. The summed E-state index contributed by atoms with van der Waals surface area (Å²) in [5, 5.41) is 11.2. The van der Waals surface area contributed by atoms with E-state index in [0.717, 1.165) is 0 Å². The molecule has 0 radical (unpaired) electrons. The van der Waals surface area contributed by atoms with Gasteiger partial charge in [-0.25, -0.2) is 0 Å². The highest BCUT2D eigenvalue weighted by atomic mass is 16.7. The topological polar surface area (TPSA) is 75.6 Å². The predicted octanol–water partition coefficient (Wildman–Crippen LogP) is 2.65. The van der Waals surface area contributed by atoms with Crippen LogP contribution in [0.3, 0.4) is 0 Å². The van der Waals surface area contributed by atoms with Crippen LogP contribution in [0.1, 0.15) is 17.2 Å². The van der Waals surface area contributed by atoms with E-state index in [2.05, 4.69) is 0 Å². The molecule has 2 aromatic carbocycles. The third kappa shape index (κ3) is 3.66. The maximum atomic E-state index is 11.2. The molecule has 1 unspecified atom stereocenters. The lowest BCUT2D eigenvalue weighted by molar-refractivity contribution is -0.232. The molecule has 0 aromatic heterocycles. The Kier molecular flexibility index (Phi) is 5.74. The van der Waals surface area contributed by atoms with Crippen LogP contribution in [0, 0.1) is 0 Å². The molecule has 0 bridgehead atoms. The van der Waals surface area contributed by atoms with Crippen molar-refractivity contribution < 1.29 is 33.5 Å². The Balaban J connectivity index is 2.10. The van der Waals surface area contributed by atoms with Gasteiger partial charge in [0, 0.05) is 17.7 Å². The minimum absolute atomic E-state index is 0.345. The maximum absolute atomic E-state index is 11.2. The van der Waals surface area contributed by atoms with Crippen molar-refractivity contribution in [2.75, 3.05) is 41.7 Å². The van der Waals surface area contributed by atoms with Crippen molar-refractivity contribution in [3.63, 3.8) is 0 Å². The van der Waals surface area contributed by atoms with Crippen LogP contribution < -0.4 is 18.9 Å². The van der Waals surface area contributed by atoms with E-state index in [-0.39, 0.29) is 0 Å². The zero-order valence-electron chi connectivity index (χ0n) is 15.9. The van der Waals surface area contributed by atoms with Crippen molar-refractivity contribution in [3.8, 4) is 23.0 Å². The van der Waals surface area contributed by atoms with Crippen molar-refractivity contribution in [1.29, 1.82) is 0 Å². The fourth-order valence-corrected chi connectivity index (χ4v) is 3.13. The molecule has 1 heterocycles. The Morgan fingerprint density at radius 3 is 1.56 bits per heavy atom. The van der Waals surface area contributed by atoms with Crippen molar-refractivity contribution in [1.82, 2.24) is 0 Å². The molecule has 146 valence electrons. The van der Waals surface area contributed by atoms with Crippen LogP contribution in [0.15, 0.2) is 36.4 Å². The van der Waals surface area contributed by atoms with Gasteiger partial charge in [-0.1, -0.05) is 0 Å². The molecule has 7 heteroatoms. The van der Waals surface area contributed by atoms with Crippen molar-refractivity contribution in [2.45, 2.75) is 11.9 Å². The molecule has 1 atom stereocenters. The molecule has 2 aromatic rings. The van der Waals surface area contributed by atoms with Crippen molar-refractivity contribution >= 4 is 0 Å². The SMILES string of the molecule is COc1cc(OC)cc(C(O)C2(c3cc(OC)cc(OC)c3)OCCO2)c1. The van der Waals surface area contributed by atoms with Crippen LogP contribution >= 0.6 is 0 Å². The Morgan fingerprint density at radius 2 is 1.15 bits per heavy atom. The molecule has 0 spiro atoms. The lowest BCUT2D eigenvalue weighted by Gasteiger charge is -2.33. The van der Waals surface area contributed by atoms with Crippen molar-refractivity contribution in [3.05, 3.63) is 47.5 Å². The van der Waals surface area contributed by atoms with Gasteiger partial charge >= 0.3 is 0 Å². The number of aliphatic hydroxyl groups excluding tert-OH is 1. The van der Waals surface area contributed by atoms with Crippen LogP contribution in [0.25, 0.3) is 0 Å². The number of rotatable bonds is 7. The molecule has 1 saturated heterocycles. The largest absolute Gasteiger partial charge is 0.497 e. The van der Waals surface area contributed by atoms with E-state index in [4.69, 9.17) is 28.4 Å². The predicted molar refractivity (Wildman–Crippen MR) is 97.6 cm³/mol. The molecule has 0 aliphatic carbocycles. The van der Waals surface area contributed by atoms with Gasteiger partial charge in [-0.2, -0.15) is 0 Å². The third-order valence-corrected chi connectivity index (χ3v) is 4.52. The average Bonchev–Trinajstić information content (AvgIpc) is 3.23. The average molecular weight is 376 g/mol. The molecule has 0 saturated carbocycles. The number of hydrogen-bond acceptors (Lipinski definition) is 7. The summed E-state index contributed by atoms with van der Waals surface area (Å²) in [7, 11) is 6.22. The van der Waals surface area contributed by atoms with Gasteiger partial charge in [-0.15, -0.1) is 0 Å². The van der Waals surface area contributed by atoms with Gasteiger partial charge < -0.3 is 33.5 Å². The van der Waals surface area contributed by atoms with Gasteiger partial charge in [0.1, 0.15) is 29.1 Å². The number of aliphatic hydroxyl groups is 1. The van der Waals surface area contributed by atoms with Crippen LogP contribution in [-0.4, -0.2) is 46.8 Å². The first-order chi connectivity index (χ1) is 13.1. The molecular formula is C20H24O7. The zero-order valence-corrected chi connectivity index (χ0v) is 15.9. The van der Waals surface area contributed by atoms with Gasteiger partial charge in [-0.05, 0) is 29.8 Å². The van der Waals surface area contributed by atoms with E-state index in [9.17, 15) is 5.11 Å². The van der Waals surface area contributed by atoms with Gasteiger partial charge in [-0.3, -0.25) is 0 Å². The second-order valence-electron chi connectivity index (χ2n) is 6.01.